The van der Waals surface area contributed by atoms with Gasteiger partial charge in [-0.2, -0.15) is 0 Å². The smallest absolute Gasteiger partial charge is 0.196 e. The average Bonchev–Trinajstić information content (AvgIpc) is 1.80. The van der Waals surface area contributed by atoms with E-state index < -0.39 is 0 Å². The lowest BCUT2D eigenvalue weighted by molar-refractivity contribution is -0.678. The largest absolute Gasteiger partial charge is 0.249 e. The highest BCUT2D eigenvalue weighted by Crippen LogP contribution is 1.86. The number of aromatic nitrogens is 2. The molecular weight excluding hydrogens is 239 g/mol. The van der Waals surface area contributed by atoms with Crippen LogP contribution in [0.3, 0.4) is 0 Å². The predicted molar refractivity (Wildman–Crippen MR) is 50.3 cm³/mol. The fraction of sp³-hybridized carbons (Fsp3) is 0.429. The van der Waals surface area contributed by atoms with Gasteiger partial charge in [0.25, 0.3) is 0 Å². The molecule has 0 saturated carbocycles. The molecule has 0 N–H and O–H groups in total. The fourth-order valence-electron chi connectivity index (χ4n) is 0.702. The lowest BCUT2D eigenvalue weighted by atomic mass is 10.4. The van der Waals surface area contributed by atoms with Gasteiger partial charge in [-0.1, -0.05) is 0 Å². The summed E-state index contributed by atoms with van der Waals surface area (Å²) in [5.74, 6) is 0. The normalized spacial score (nSPS) is 8.70. The van der Waals surface area contributed by atoms with E-state index in [9.17, 15) is 0 Å². The molecule has 0 aromatic carbocycles. The fourth-order valence-corrected chi connectivity index (χ4v) is 0.702. The van der Waals surface area contributed by atoms with Crippen LogP contribution < -0.4 is 4.57 Å². The maximum atomic E-state index is 4.12. The summed E-state index contributed by atoms with van der Waals surface area (Å²) in [5, 5.41) is 0. The van der Waals surface area contributed by atoms with Crippen molar-refractivity contribution in [1.82, 2.24) is 4.98 Å². The quantitative estimate of drug-likeness (QED) is 0.499. The molecule has 0 unspecified atom stereocenters. The Hall–Kier alpha value is -0.190. The molecule has 1 heterocycles. The highest BCUT2D eigenvalue weighted by atomic mass is 127. The molecule has 56 valence electrons. The van der Waals surface area contributed by atoms with Gasteiger partial charge in [-0.25, -0.2) is 9.55 Å². The molecule has 0 fully saturated rings. The maximum absolute atomic E-state index is 4.12. The number of halogens is 1. The van der Waals surface area contributed by atoms with Gasteiger partial charge < -0.3 is 0 Å². The third-order valence-corrected chi connectivity index (χ3v) is 1.39. The van der Waals surface area contributed by atoms with Gasteiger partial charge in [-0.05, 0) is 6.92 Å². The molecule has 10 heavy (non-hydrogen) atoms. The molecule has 1 aromatic heterocycles. The van der Waals surface area contributed by atoms with Crippen LogP contribution in [-0.4, -0.2) is 4.98 Å². The van der Waals surface area contributed by atoms with E-state index in [-0.39, 0.29) is 24.0 Å². The summed E-state index contributed by atoms with van der Waals surface area (Å²) < 4.78 is 2.06. The molecule has 0 aliphatic rings. The highest BCUT2D eigenvalue weighted by molar-refractivity contribution is 14.0. The molecule has 0 saturated heterocycles. The Bertz CT molecular complexity index is 223. The highest BCUT2D eigenvalue weighted by Gasteiger charge is 1.98. The van der Waals surface area contributed by atoms with E-state index in [1.54, 1.807) is 0 Å². The second-order valence-corrected chi connectivity index (χ2v) is 2.28. The maximum Gasteiger partial charge on any atom is 0.196 e. The van der Waals surface area contributed by atoms with Gasteiger partial charge in [0.05, 0.1) is 6.20 Å². The predicted octanol–water partition coefficient (Wildman–Crippen LogP) is 1.14. The van der Waals surface area contributed by atoms with E-state index in [4.69, 9.17) is 0 Å². The molecule has 0 spiro atoms. The summed E-state index contributed by atoms with van der Waals surface area (Å²) in [7, 11) is 2.02. The number of rotatable bonds is 0. The molecule has 2 nitrogen and oxygen atoms in total. The molecule has 0 aliphatic carbocycles. The molecule has 3 heteroatoms. The number of aryl methyl sites for hydroxylation is 3. The SMILES string of the molecule is Cc1c[n+](C)c(C)cn1.I. The van der Waals surface area contributed by atoms with Crippen molar-refractivity contribution in [2.45, 2.75) is 13.8 Å². The molecule has 0 aliphatic heterocycles. The molecule has 0 radical (unpaired) electrons. The third kappa shape index (κ3) is 2.21. The van der Waals surface area contributed by atoms with Crippen LogP contribution in [0, 0.1) is 13.8 Å². The Labute approximate surface area is 78.3 Å². The van der Waals surface area contributed by atoms with E-state index in [0.29, 0.717) is 0 Å². The van der Waals surface area contributed by atoms with Crippen molar-refractivity contribution < 1.29 is 4.57 Å². The van der Waals surface area contributed by atoms with Gasteiger partial charge in [-0.15, -0.1) is 24.0 Å². The van der Waals surface area contributed by atoms with Crippen molar-refractivity contribution in [3.63, 3.8) is 0 Å². The van der Waals surface area contributed by atoms with Gasteiger partial charge in [-0.3, -0.25) is 0 Å². The zero-order valence-electron chi connectivity index (χ0n) is 6.46. The van der Waals surface area contributed by atoms with Crippen molar-refractivity contribution in [2.75, 3.05) is 0 Å². The molecule has 1 rings (SSSR count). The van der Waals surface area contributed by atoms with E-state index in [2.05, 4.69) is 9.55 Å². The standard InChI is InChI=1S/C7H11N2.HI/c1-6-5-9(3)7(2)4-8-6;/h4-5H,1-3H3;1H/q+1;. The van der Waals surface area contributed by atoms with Gasteiger partial charge in [0.15, 0.2) is 11.9 Å². The van der Waals surface area contributed by atoms with Crippen LogP contribution in [0.1, 0.15) is 11.4 Å². The molecule has 0 atom stereocenters. The average molecular weight is 251 g/mol. The minimum Gasteiger partial charge on any atom is -0.249 e. The van der Waals surface area contributed by atoms with Gasteiger partial charge in [0.1, 0.15) is 12.7 Å². The summed E-state index contributed by atoms with van der Waals surface area (Å²) >= 11 is 0. The van der Waals surface area contributed by atoms with Crippen molar-refractivity contribution in [3.8, 4) is 0 Å². The first-order valence-corrected chi connectivity index (χ1v) is 2.99. The van der Waals surface area contributed by atoms with E-state index >= 15 is 0 Å². The Balaban J connectivity index is 0.000000810. The zero-order chi connectivity index (χ0) is 6.85. The monoisotopic (exact) mass is 251 g/mol. The van der Waals surface area contributed by atoms with E-state index in [1.807, 2.05) is 33.3 Å². The second kappa shape index (κ2) is 3.85. The van der Waals surface area contributed by atoms with Crippen LogP contribution in [-0.2, 0) is 7.05 Å². The van der Waals surface area contributed by atoms with Crippen molar-refractivity contribution >= 4 is 24.0 Å². The van der Waals surface area contributed by atoms with Gasteiger partial charge >= 0.3 is 0 Å². The minimum atomic E-state index is 0. The lowest BCUT2D eigenvalue weighted by Gasteiger charge is -1.91. The Morgan fingerprint density at radius 1 is 1.40 bits per heavy atom. The van der Waals surface area contributed by atoms with Crippen molar-refractivity contribution in [1.29, 1.82) is 0 Å². The summed E-state index contributed by atoms with van der Waals surface area (Å²) in [5.41, 5.74) is 2.24. The zero-order valence-corrected chi connectivity index (χ0v) is 8.79. The van der Waals surface area contributed by atoms with Gasteiger partial charge in [0.2, 0.25) is 0 Å². The molecular formula is C7H12IN2+. The molecule has 0 bridgehead atoms. The summed E-state index contributed by atoms with van der Waals surface area (Å²) in [6.07, 6.45) is 3.88. The first kappa shape index (κ1) is 9.81. The second-order valence-electron chi connectivity index (χ2n) is 2.28. The number of hydrogen-bond donors (Lipinski definition) is 0. The van der Waals surface area contributed by atoms with E-state index in [1.165, 1.54) is 5.69 Å². The topological polar surface area (TPSA) is 16.8 Å². The first-order chi connectivity index (χ1) is 4.20. The Morgan fingerprint density at radius 2 is 2.00 bits per heavy atom. The van der Waals surface area contributed by atoms with Crippen LogP contribution in [0.25, 0.3) is 0 Å². The first-order valence-electron chi connectivity index (χ1n) is 2.99. The number of nitrogens with zero attached hydrogens (tertiary/aromatic N) is 2. The summed E-state index contributed by atoms with van der Waals surface area (Å²) in [6, 6.07) is 0. The van der Waals surface area contributed by atoms with Crippen molar-refractivity contribution in [2.24, 2.45) is 7.05 Å². The lowest BCUT2D eigenvalue weighted by Crippen LogP contribution is -2.31. The molecule has 1 aromatic rings. The Kier molecular flexibility index (Phi) is 3.78. The van der Waals surface area contributed by atoms with Crippen molar-refractivity contribution in [3.05, 3.63) is 23.8 Å². The molecule has 0 amide bonds. The summed E-state index contributed by atoms with van der Waals surface area (Å²) in [4.78, 5) is 4.12. The van der Waals surface area contributed by atoms with Crippen LogP contribution >= 0.6 is 24.0 Å². The van der Waals surface area contributed by atoms with Crippen LogP contribution in [0.4, 0.5) is 0 Å². The van der Waals surface area contributed by atoms with Crippen LogP contribution in [0.2, 0.25) is 0 Å². The third-order valence-electron chi connectivity index (χ3n) is 1.39. The van der Waals surface area contributed by atoms with Crippen LogP contribution in [0.5, 0.6) is 0 Å². The number of hydrogen-bond acceptors (Lipinski definition) is 1. The Morgan fingerprint density at radius 3 is 2.40 bits per heavy atom. The van der Waals surface area contributed by atoms with Gasteiger partial charge in [0, 0.05) is 6.92 Å². The van der Waals surface area contributed by atoms with Crippen LogP contribution in [0.15, 0.2) is 12.4 Å². The van der Waals surface area contributed by atoms with E-state index in [0.717, 1.165) is 5.69 Å². The minimum absolute atomic E-state index is 0. The summed E-state index contributed by atoms with van der Waals surface area (Å²) in [6.45, 7) is 4.02.